The molecule has 9 heteroatoms. The zero-order valence-corrected chi connectivity index (χ0v) is 19.0. The van der Waals surface area contributed by atoms with Crippen LogP contribution in [-0.2, 0) is 28.2 Å². The fourth-order valence-electron chi connectivity index (χ4n) is 3.89. The Labute approximate surface area is 184 Å². The third-order valence-electron chi connectivity index (χ3n) is 5.58. The van der Waals surface area contributed by atoms with E-state index < -0.39 is 29.8 Å². The molecule has 29 heavy (non-hydrogen) atoms. The molecule has 0 spiro atoms. The van der Waals surface area contributed by atoms with Crippen molar-refractivity contribution in [3.8, 4) is 0 Å². The van der Waals surface area contributed by atoms with Crippen LogP contribution in [0.3, 0.4) is 0 Å². The average molecular weight is 493 g/mol. The SMILES string of the molecule is CCn1cc[n+](CCCOC(=O)C(O)(c2cccs2)C2CCC(F)(F)C2)c1C.[Br-]. The van der Waals surface area contributed by atoms with Gasteiger partial charge in [-0.15, -0.1) is 11.3 Å². The van der Waals surface area contributed by atoms with Gasteiger partial charge in [-0.05, 0) is 24.8 Å². The molecule has 1 aliphatic rings. The number of aryl methyl sites for hydroxylation is 2. The Morgan fingerprint density at radius 1 is 1.52 bits per heavy atom. The minimum Gasteiger partial charge on any atom is -1.00 e. The van der Waals surface area contributed by atoms with Gasteiger partial charge >= 0.3 is 5.97 Å². The predicted octanol–water partition coefficient (Wildman–Crippen LogP) is 0.426. The number of ether oxygens (including phenoxy) is 1. The molecule has 5 nitrogen and oxygen atoms in total. The van der Waals surface area contributed by atoms with Gasteiger partial charge in [0.15, 0.2) is 5.60 Å². The van der Waals surface area contributed by atoms with E-state index in [1.807, 2.05) is 19.3 Å². The molecule has 2 unspecified atom stereocenters. The highest BCUT2D eigenvalue weighted by atomic mass is 79.9. The number of esters is 1. The molecular formula is C20H27BrF2N2O3S. The van der Waals surface area contributed by atoms with E-state index in [0.29, 0.717) is 17.8 Å². The van der Waals surface area contributed by atoms with E-state index in [4.69, 9.17) is 4.74 Å². The summed E-state index contributed by atoms with van der Waals surface area (Å²) in [5.74, 6) is -3.41. The van der Waals surface area contributed by atoms with Gasteiger partial charge in [0, 0.05) is 37.0 Å². The summed E-state index contributed by atoms with van der Waals surface area (Å²) < 4.78 is 37.0. The smallest absolute Gasteiger partial charge is 0.343 e. The van der Waals surface area contributed by atoms with Crippen LogP contribution < -0.4 is 21.5 Å². The molecule has 3 rings (SSSR count). The van der Waals surface area contributed by atoms with Crippen molar-refractivity contribution in [1.82, 2.24) is 4.57 Å². The first-order valence-electron chi connectivity index (χ1n) is 9.64. The Morgan fingerprint density at radius 3 is 2.83 bits per heavy atom. The molecule has 0 aliphatic heterocycles. The van der Waals surface area contributed by atoms with Gasteiger partial charge in [-0.1, -0.05) is 6.07 Å². The molecular weight excluding hydrogens is 466 g/mol. The highest BCUT2D eigenvalue weighted by Crippen LogP contribution is 2.48. The van der Waals surface area contributed by atoms with Crippen LogP contribution in [0, 0.1) is 12.8 Å². The maximum absolute atomic E-state index is 13.7. The summed E-state index contributed by atoms with van der Waals surface area (Å²) in [7, 11) is 0. The lowest BCUT2D eigenvalue weighted by atomic mass is 9.84. The van der Waals surface area contributed by atoms with Crippen LogP contribution in [-0.4, -0.2) is 28.2 Å². The quantitative estimate of drug-likeness (QED) is 0.330. The second-order valence-electron chi connectivity index (χ2n) is 7.35. The van der Waals surface area contributed by atoms with Gasteiger partial charge in [-0.3, -0.25) is 0 Å². The minimum absolute atomic E-state index is 0. The molecule has 1 fully saturated rings. The molecule has 162 valence electrons. The van der Waals surface area contributed by atoms with Gasteiger partial charge in [-0.2, -0.15) is 0 Å². The molecule has 0 saturated heterocycles. The standard InChI is InChI=1S/C20H27F2N2O3S.BrH/c1-3-23-10-11-24(15(23)2)9-5-12-27-18(25)20(26,17-6-4-13-28-17)16-7-8-19(21,22)14-16;/h4,6,10-11,13,16,26H,3,5,7-9,12,14H2,1-2H3;1H/q+1;/p-1. The second-order valence-corrected chi connectivity index (χ2v) is 8.30. The molecule has 0 amide bonds. The van der Waals surface area contributed by atoms with E-state index in [2.05, 4.69) is 16.1 Å². The number of aromatic nitrogens is 2. The van der Waals surface area contributed by atoms with Gasteiger partial charge in [0.1, 0.15) is 12.4 Å². The van der Waals surface area contributed by atoms with Crippen molar-refractivity contribution in [2.75, 3.05) is 6.61 Å². The molecule has 2 aromatic heterocycles. The van der Waals surface area contributed by atoms with E-state index in [-0.39, 0.29) is 36.4 Å². The van der Waals surface area contributed by atoms with Crippen LogP contribution in [0.2, 0.25) is 0 Å². The summed E-state index contributed by atoms with van der Waals surface area (Å²) in [5, 5.41) is 12.9. The van der Waals surface area contributed by atoms with E-state index in [9.17, 15) is 18.7 Å². The van der Waals surface area contributed by atoms with Crippen LogP contribution in [0.1, 0.15) is 43.3 Å². The van der Waals surface area contributed by atoms with Crippen molar-refractivity contribution in [2.24, 2.45) is 5.92 Å². The zero-order chi connectivity index (χ0) is 20.4. The number of carbonyl (C=O) groups is 1. The number of hydrogen-bond acceptors (Lipinski definition) is 4. The molecule has 0 bridgehead atoms. The monoisotopic (exact) mass is 492 g/mol. The van der Waals surface area contributed by atoms with Crippen molar-refractivity contribution in [3.63, 3.8) is 0 Å². The van der Waals surface area contributed by atoms with E-state index in [0.717, 1.165) is 12.4 Å². The first-order chi connectivity index (χ1) is 13.3. The fourth-order valence-corrected chi connectivity index (χ4v) is 4.78. The van der Waals surface area contributed by atoms with Crippen molar-refractivity contribution in [1.29, 1.82) is 0 Å². The number of alkyl halides is 2. The number of imidazole rings is 1. The maximum atomic E-state index is 13.7. The largest absolute Gasteiger partial charge is 1.00 e. The highest BCUT2D eigenvalue weighted by molar-refractivity contribution is 7.10. The van der Waals surface area contributed by atoms with Gasteiger partial charge in [0.05, 0.1) is 19.7 Å². The number of hydrogen-bond donors (Lipinski definition) is 1. The molecule has 1 aliphatic carbocycles. The molecule has 1 saturated carbocycles. The van der Waals surface area contributed by atoms with Crippen LogP contribution in [0.5, 0.6) is 0 Å². The summed E-state index contributed by atoms with van der Waals surface area (Å²) in [6.45, 7) is 5.76. The van der Waals surface area contributed by atoms with E-state index in [1.54, 1.807) is 17.5 Å². The van der Waals surface area contributed by atoms with Crippen molar-refractivity contribution < 1.29 is 45.0 Å². The topological polar surface area (TPSA) is 55.3 Å². The van der Waals surface area contributed by atoms with Gasteiger partial charge in [0.2, 0.25) is 5.92 Å². The molecule has 2 aromatic rings. The Morgan fingerprint density at radius 2 is 2.28 bits per heavy atom. The average Bonchev–Trinajstić information content (AvgIpc) is 3.39. The molecule has 0 aromatic carbocycles. The third-order valence-corrected chi connectivity index (χ3v) is 6.57. The summed E-state index contributed by atoms with van der Waals surface area (Å²) in [6.07, 6.45) is 3.82. The van der Waals surface area contributed by atoms with Gasteiger partial charge < -0.3 is 26.8 Å². The summed E-state index contributed by atoms with van der Waals surface area (Å²) in [6, 6.07) is 3.30. The normalized spacial score (nSPS) is 20.1. The lowest BCUT2D eigenvalue weighted by Gasteiger charge is -2.30. The Balaban J connectivity index is 0.00000300. The van der Waals surface area contributed by atoms with Gasteiger partial charge in [0.25, 0.3) is 5.82 Å². The molecule has 2 atom stereocenters. The Bertz CT molecular complexity index is 813. The lowest BCUT2D eigenvalue weighted by molar-refractivity contribution is -0.702. The minimum atomic E-state index is -2.85. The number of rotatable bonds is 8. The number of nitrogens with zero attached hydrogens (tertiary/aromatic N) is 2. The molecule has 1 N–H and O–H groups in total. The Hall–Kier alpha value is -1.32. The first kappa shape index (κ1) is 24.0. The summed E-state index contributed by atoms with van der Waals surface area (Å²) in [4.78, 5) is 13.1. The van der Waals surface area contributed by atoms with Crippen LogP contribution in [0.15, 0.2) is 29.9 Å². The fraction of sp³-hybridized carbons (Fsp3) is 0.600. The molecule has 0 radical (unpaired) electrons. The summed E-state index contributed by atoms with van der Waals surface area (Å²) in [5.41, 5.74) is -2.01. The number of thiophene rings is 1. The Kier molecular flexibility index (Phi) is 7.98. The van der Waals surface area contributed by atoms with Crippen LogP contribution in [0.25, 0.3) is 0 Å². The second kappa shape index (κ2) is 9.66. The zero-order valence-electron chi connectivity index (χ0n) is 16.6. The molecule has 2 heterocycles. The van der Waals surface area contributed by atoms with Crippen LogP contribution in [0.4, 0.5) is 8.78 Å². The first-order valence-corrected chi connectivity index (χ1v) is 10.5. The number of halogens is 3. The van der Waals surface area contributed by atoms with Gasteiger partial charge in [-0.25, -0.2) is 22.7 Å². The van der Waals surface area contributed by atoms with E-state index in [1.165, 1.54) is 11.3 Å². The summed E-state index contributed by atoms with van der Waals surface area (Å²) >= 11 is 1.19. The lowest BCUT2D eigenvalue weighted by Crippen LogP contribution is -3.00. The maximum Gasteiger partial charge on any atom is 0.343 e. The predicted molar refractivity (Wildman–Crippen MR) is 101 cm³/mol. The highest BCUT2D eigenvalue weighted by Gasteiger charge is 2.55. The number of carbonyl (C=O) groups excluding carboxylic acids is 1. The van der Waals surface area contributed by atoms with Crippen LogP contribution >= 0.6 is 11.3 Å². The van der Waals surface area contributed by atoms with Crippen molar-refractivity contribution >= 4 is 17.3 Å². The third kappa shape index (κ3) is 5.06. The van der Waals surface area contributed by atoms with Crippen molar-refractivity contribution in [2.45, 2.75) is 64.1 Å². The van der Waals surface area contributed by atoms with Crippen molar-refractivity contribution in [3.05, 3.63) is 40.6 Å². The van der Waals surface area contributed by atoms with E-state index >= 15 is 0 Å². The number of aliphatic hydroxyl groups is 1.